The van der Waals surface area contributed by atoms with Crippen molar-refractivity contribution in [2.45, 2.75) is 117 Å². The highest BCUT2D eigenvalue weighted by Crippen LogP contribution is 2.32. The van der Waals surface area contributed by atoms with Crippen molar-refractivity contribution in [1.29, 1.82) is 0 Å². The molecule has 1 aromatic heterocycles. The Kier molecular flexibility index (Phi) is 13.0. The molecule has 3 nitrogen and oxygen atoms in total. The van der Waals surface area contributed by atoms with E-state index in [-0.39, 0.29) is 5.97 Å². The number of carbonyl (C=O) groups excluding carboxylic acids is 1. The second kappa shape index (κ2) is 16.2. The van der Waals surface area contributed by atoms with Gasteiger partial charge in [0.2, 0.25) is 0 Å². The van der Waals surface area contributed by atoms with Gasteiger partial charge in [-0.2, -0.15) is 0 Å². The van der Waals surface area contributed by atoms with E-state index in [4.69, 9.17) is 4.74 Å². The molecule has 0 bridgehead atoms. The standard InChI is InChI=1S/C32H49NO2S/c1-4-22-33(23-21-29-16-13-24-36-29)28-19-20-30-27(25-28)15-12-17-31(30)35-32(34)18-11-9-7-5-6-8-10-14-26(2)3/h12-13,15-17,24,26,28H,4-11,14,18-23,25H2,1-3H3. The zero-order valence-electron chi connectivity index (χ0n) is 23.1. The Morgan fingerprint density at radius 3 is 2.53 bits per heavy atom. The zero-order chi connectivity index (χ0) is 25.6. The van der Waals surface area contributed by atoms with Gasteiger partial charge in [0.25, 0.3) is 0 Å². The average molecular weight is 512 g/mol. The maximum Gasteiger partial charge on any atom is 0.311 e. The predicted octanol–water partition coefficient (Wildman–Crippen LogP) is 8.63. The van der Waals surface area contributed by atoms with Crippen LogP contribution in [0.4, 0.5) is 0 Å². The number of ether oxygens (including phenoxy) is 1. The van der Waals surface area contributed by atoms with Crippen LogP contribution in [-0.2, 0) is 24.1 Å². The van der Waals surface area contributed by atoms with Gasteiger partial charge < -0.3 is 4.74 Å². The molecule has 3 rings (SSSR count). The summed E-state index contributed by atoms with van der Waals surface area (Å²) in [5.41, 5.74) is 2.63. The van der Waals surface area contributed by atoms with E-state index in [1.165, 1.54) is 60.9 Å². The summed E-state index contributed by atoms with van der Waals surface area (Å²) in [7, 11) is 0. The molecule has 1 aliphatic rings. The molecule has 200 valence electrons. The number of thiophene rings is 1. The molecular formula is C32H49NO2S. The molecule has 0 saturated heterocycles. The summed E-state index contributed by atoms with van der Waals surface area (Å²) in [6, 6.07) is 11.3. The minimum absolute atomic E-state index is 0.0639. The Labute approximate surface area is 224 Å². The van der Waals surface area contributed by atoms with E-state index >= 15 is 0 Å². The largest absolute Gasteiger partial charge is 0.426 e. The molecule has 1 aliphatic carbocycles. The van der Waals surface area contributed by atoms with Crippen molar-refractivity contribution in [1.82, 2.24) is 4.90 Å². The van der Waals surface area contributed by atoms with E-state index < -0.39 is 0 Å². The molecular weight excluding hydrogens is 462 g/mol. The molecule has 1 atom stereocenters. The highest BCUT2D eigenvalue weighted by atomic mass is 32.1. The van der Waals surface area contributed by atoms with Gasteiger partial charge in [-0.15, -0.1) is 11.3 Å². The first-order valence-electron chi connectivity index (χ1n) is 14.6. The minimum Gasteiger partial charge on any atom is -0.426 e. The molecule has 1 unspecified atom stereocenters. The zero-order valence-corrected chi connectivity index (χ0v) is 23.9. The Balaban J connectivity index is 1.41. The smallest absolute Gasteiger partial charge is 0.311 e. The van der Waals surface area contributed by atoms with E-state index in [1.54, 1.807) is 0 Å². The Hall–Kier alpha value is -1.65. The van der Waals surface area contributed by atoms with Crippen LogP contribution in [-0.4, -0.2) is 30.0 Å². The summed E-state index contributed by atoms with van der Waals surface area (Å²) in [6.07, 6.45) is 16.0. The Morgan fingerprint density at radius 2 is 1.81 bits per heavy atom. The molecule has 1 aromatic carbocycles. The maximum atomic E-state index is 12.6. The van der Waals surface area contributed by atoms with Gasteiger partial charge in [-0.05, 0) is 79.6 Å². The molecule has 0 spiro atoms. The van der Waals surface area contributed by atoms with Crippen LogP contribution >= 0.6 is 11.3 Å². The third kappa shape index (κ3) is 10.0. The number of hydrogen-bond donors (Lipinski definition) is 0. The van der Waals surface area contributed by atoms with Crippen LogP contribution in [0.5, 0.6) is 5.75 Å². The lowest BCUT2D eigenvalue weighted by Crippen LogP contribution is -2.41. The predicted molar refractivity (Wildman–Crippen MR) is 154 cm³/mol. The third-order valence-electron chi connectivity index (χ3n) is 7.55. The lowest BCUT2D eigenvalue weighted by atomic mass is 9.86. The fraction of sp³-hybridized carbons (Fsp3) is 0.656. The van der Waals surface area contributed by atoms with Gasteiger partial charge in [0.1, 0.15) is 5.75 Å². The summed E-state index contributed by atoms with van der Waals surface area (Å²) in [5, 5.41) is 2.18. The molecule has 0 amide bonds. The van der Waals surface area contributed by atoms with Gasteiger partial charge >= 0.3 is 5.97 Å². The topological polar surface area (TPSA) is 29.5 Å². The first-order valence-corrected chi connectivity index (χ1v) is 15.5. The number of unbranched alkanes of at least 4 members (excludes halogenated alkanes) is 6. The van der Waals surface area contributed by atoms with E-state index in [0.717, 1.165) is 63.3 Å². The number of hydrogen-bond acceptors (Lipinski definition) is 4. The summed E-state index contributed by atoms with van der Waals surface area (Å²) < 4.78 is 5.88. The van der Waals surface area contributed by atoms with Crippen LogP contribution in [0, 0.1) is 5.92 Å². The first-order chi connectivity index (χ1) is 17.6. The fourth-order valence-corrected chi connectivity index (χ4v) is 6.21. The lowest BCUT2D eigenvalue weighted by molar-refractivity contribution is -0.134. The summed E-state index contributed by atoms with van der Waals surface area (Å²) >= 11 is 1.86. The quantitative estimate of drug-likeness (QED) is 0.121. The molecule has 1 heterocycles. The van der Waals surface area contributed by atoms with Gasteiger partial charge in [-0.25, -0.2) is 0 Å². The average Bonchev–Trinajstić information content (AvgIpc) is 3.39. The fourth-order valence-electron chi connectivity index (χ4n) is 5.51. The molecule has 2 aromatic rings. The van der Waals surface area contributed by atoms with Gasteiger partial charge in [-0.1, -0.05) is 83.9 Å². The van der Waals surface area contributed by atoms with E-state index in [2.05, 4.69) is 55.3 Å². The number of carbonyl (C=O) groups is 1. The molecule has 4 heteroatoms. The van der Waals surface area contributed by atoms with Crippen molar-refractivity contribution in [3.8, 4) is 5.75 Å². The monoisotopic (exact) mass is 511 g/mol. The highest BCUT2D eigenvalue weighted by Gasteiger charge is 2.26. The second-order valence-corrected chi connectivity index (χ2v) is 12.1. The second-order valence-electron chi connectivity index (χ2n) is 11.0. The van der Waals surface area contributed by atoms with Crippen molar-refractivity contribution in [3.63, 3.8) is 0 Å². The van der Waals surface area contributed by atoms with Gasteiger partial charge in [0.05, 0.1) is 0 Å². The molecule has 0 saturated carbocycles. The van der Waals surface area contributed by atoms with Crippen molar-refractivity contribution >= 4 is 17.3 Å². The number of fused-ring (bicyclic) bond motifs is 1. The van der Waals surface area contributed by atoms with Crippen LogP contribution in [0.25, 0.3) is 0 Å². The van der Waals surface area contributed by atoms with Crippen LogP contribution in [0.2, 0.25) is 0 Å². The Morgan fingerprint density at radius 1 is 1.03 bits per heavy atom. The number of esters is 1. The minimum atomic E-state index is -0.0639. The SMILES string of the molecule is CCCN(CCc1cccs1)C1CCc2c(cccc2OC(=O)CCCCCCCCCC(C)C)C1. The van der Waals surface area contributed by atoms with E-state index in [1.807, 2.05) is 17.4 Å². The Bertz CT molecular complexity index is 876. The lowest BCUT2D eigenvalue weighted by Gasteiger charge is -2.35. The molecule has 36 heavy (non-hydrogen) atoms. The van der Waals surface area contributed by atoms with Crippen LogP contribution in [0.15, 0.2) is 35.7 Å². The van der Waals surface area contributed by atoms with Gasteiger partial charge in [0, 0.05) is 23.9 Å². The summed E-state index contributed by atoms with van der Waals surface area (Å²) in [5.74, 6) is 1.57. The molecule has 0 N–H and O–H groups in total. The number of rotatable bonds is 17. The van der Waals surface area contributed by atoms with Crippen molar-refractivity contribution in [2.75, 3.05) is 13.1 Å². The van der Waals surface area contributed by atoms with Crippen LogP contribution in [0.3, 0.4) is 0 Å². The van der Waals surface area contributed by atoms with Gasteiger partial charge in [-0.3, -0.25) is 9.69 Å². The van der Waals surface area contributed by atoms with E-state index in [9.17, 15) is 4.79 Å². The van der Waals surface area contributed by atoms with Crippen molar-refractivity contribution in [2.24, 2.45) is 5.92 Å². The number of benzene rings is 1. The molecule has 0 radical (unpaired) electrons. The highest BCUT2D eigenvalue weighted by molar-refractivity contribution is 7.09. The van der Waals surface area contributed by atoms with E-state index in [0.29, 0.717) is 12.5 Å². The normalized spacial score (nSPS) is 15.4. The molecule has 0 aliphatic heterocycles. The first kappa shape index (κ1) is 28.9. The third-order valence-corrected chi connectivity index (χ3v) is 8.49. The number of nitrogens with zero attached hydrogens (tertiary/aromatic N) is 1. The van der Waals surface area contributed by atoms with Gasteiger partial charge in [0.15, 0.2) is 0 Å². The van der Waals surface area contributed by atoms with Crippen LogP contribution < -0.4 is 4.74 Å². The van der Waals surface area contributed by atoms with Crippen LogP contribution in [0.1, 0.15) is 107 Å². The van der Waals surface area contributed by atoms with Crippen molar-refractivity contribution < 1.29 is 9.53 Å². The maximum absolute atomic E-state index is 12.6. The summed E-state index contributed by atoms with van der Waals surface area (Å²) in [6.45, 7) is 9.16. The van der Waals surface area contributed by atoms with Crippen molar-refractivity contribution in [3.05, 3.63) is 51.7 Å². The summed E-state index contributed by atoms with van der Waals surface area (Å²) in [4.78, 5) is 16.7. The molecule has 0 fully saturated rings.